The summed E-state index contributed by atoms with van der Waals surface area (Å²) >= 11 is 0. The first-order valence-electron chi connectivity index (χ1n) is 9.34. The van der Waals surface area contributed by atoms with Gasteiger partial charge in [0.15, 0.2) is 17.6 Å². The van der Waals surface area contributed by atoms with E-state index in [0.717, 1.165) is 16.3 Å². The number of methoxy groups -OCH3 is 1. The molecule has 0 aliphatic rings. The number of hydrazone groups is 1. The minimum atomic E-state index is -1.10. The number of ether oxygens (including phenoxy) is 2. The Labute approximate surface area is 173 Å². The van der Waals surface area contributed by atoms with Gasteiger partial charge >= 0.3 is 5.97 Å². The van der Waals surface area contributed by atoms with E-state index in [9.17, 15) is 9.59 Å². The summed E-state index contributed by atoms with van der Waals surface area (Å²) < 4.78 is 10.7. The molecule has 0 saturated carbocycles. The summed E-state index contributed by atoms with van der Waals surface area (Å²) in [7, 11) is 1.46. The lowest BCUT2D eigenvalue weighted by Gasteiger charge is -2.15. The van der Waals surface area contributed by atoms with Crippen LogP contribution in [0, 0.1) is 0 Å². The van der Waals surface area contributed by atoms with Crippen LogP contribution in [0.4, 0.5) is 0 Å². The lowest BCUT2D eigenvalue weighted by Crippen LogP contribution is -2.24. The van der Waals surface area contributed by atoms with E-state index in [2.05, 4.69) is 10.5 Å². The van der Waals surface area contributed by atoms with E-state index in [1.807, 2.05) is 42.5 Å². The molecule has 0 bridgehead atoms. The Morgan fingerprint density at radius 3 is 2.60 bits per heavy atom. The molecular formula is C23H22N2O5. The fraction of sp³-hybridized carbons (Fsp3) is 0.174. The van der Waals surface area contributed by atoms with Gasteiger partial charge < -0.3 is 14.6 Å². The number of aliphatic carboxylic acids is 1. The first-order chi connectivity index (χ1) is 14.5. The van der Waals surface area contributed by atoms with Gasteiger partial charge in [-0.05, 0) is 35.4 Å². The molecule has 7 heteroatoms. The van der Waals surface area contributed by atoms with E-state index in [4.69, 9.17) is 14.6 Å². The molecule has 30 heavy (non-hydrogen) atoms. The van der Waals surface area contributed by atoms with Crippen LogP contribution in [0.3, 0.4) is 0 Å². The smallest absolute Gasteiger partial charge is 0.344 e. The zero-order valence-electron chi connectivity index (χ0n) is 16.7. The number of hydrogen-bond acceptors (Lipinski definition) is 5. The Morgan fingerprint density at radius 2 is 1.83 bits per heavy atom. The van der Waals surface area contributed by atoms with Crippen molar-refractivity contribution in [2.24, 2.45) is 5.10 Å². The third kappa shape index (κ3) is 4.94. The number of carbonyl (C=O) groups is 2. The summed E-state index contributed by atoms with van der Waals surface area (Å²) in [5, 5.41) is 15.2. The van der Waals surface area contributed by atoms with E-state index < -0.39 is 12.1 Å². The van der Waals surface area contributed by atoms with Crippen LogP contribution in [-0.2, 0) is 16.0 Å². The molecule has 3 rings (SSSR count). The summed E-state index contributed by atoms with van der Waals surface area (Å²) in [6.45, 7) is 1.42. The predicted molar refractivity (Wildman–Crippen MR) is 114 cm³/mol. The number of carboxylic acids is 1. The topological polar surface area (TPSA) is 97.2 Å². The van der Waals surface area contributed by atoms with Gasteiger partial charge in [0.05, 0.1) is 19.7 Å². The molecule has 0 aliphatic heterocycles. The molecule has 0 heterocycles. The highest BCUT2D eigenvalue weighted by atomic mass is 16.5. The highest BCUT2D eigenvalue weighted by molar-refractivity contribution is 5.91. The number of carboxylic acid groups (broad SMARTS) is 1. The Hall–Kier alpha value is -3.87. The fourth-order valence-corrected chi connectivity index (χ4v) is 2.98. The van der Waals surface area contributed by atoms with Crippen molar-refractivity contribution in [1.29, 1.82) is 0 Å². The normalized spacial score (nSPS) is 11.9. The van der Waals surface area contributed by atoms with E-state index >= 15 is 0 Å². The lowest BCUT2D eigenvalue weighted by atomic mass is 10.0. The molecule has 1 amide bonds. The van der Waals surface area contributed by atoms with E-state index in [-0.39, 0.29) is 18.1 Å². The van der Waals surface area contributed by atoms with Crippen LogP contribution in [-0.4, -0.2) is 36.4 Å². The summed E-state index contributed by atoms with van der Waals surface area (Å²) in [4.78, 5) is 23.5. The van der Waals surface area contributed by atoms with Crippen LogP contribution in [0.2, 0.25) is 0 Å². The molecular weight excluding hydrogens is 384 g/mol. The maximum absolute atomic E-state index is 12.4. The van der Waals surface area contributed by atoms with E-state index in [0.29, 0.717) is 11.3 Å². The molecule has 3 aromatic carbocycles. The molecule has 0 radical (unpaired) electrons. The molecule has 2 N–H and O–H groups in total. The number of para-hydroxylation sites is 1. The molecule has 0 aliphatic carbocycles. The van der Waals surface area contributed by atoms with Gasteiger partial charge in [-0.1, -0.05) is 48.5 Å². The first-order valence-corrected chi connectivity index (χ1v) is 9.34. The van der Waals surface area contributed by atoms with Gasteiger partial charge in [0, 0.05) is 5.56 Å². The average molecular weight is 406 g/mol. The number of amides is 1. The number of hydrogen-bond donors (Lipinski definition) is 2. The van der Waals surface area contributed by atoms with Crippen LogP contribution in [0.5, 0.6) is 11.5 Å². The Balaban J connectivity index is 1.73. The second kappa shape index (κ2) is 9.56. The number of rotatable bonds is 8. The van der Waals surface area contributed by atoms with Crippen molar-refractivity contribution in [3.8, 4) is 11.5 Å². The number of nitrogens with zero attached hydrogens (tertiary/aromatic N) is 1. The lowest BCUT2D eigenvalue weighted by molar-refractivity contribution is -0.144. The zero-order chi connectivity index (χ0) is 21.5. The molecule has 154 valence electrons. The second-order valence-electron chi connectivity index (χ2n) is 6.59. The van der Waals surface area contributed by atoms with Gasteiger partial charge in [0.25, 0.3) is 0 Å². The minimum absolute atomic E-state index is 0.177. The van der Waals surface area contributed by atoms with Gasteiger partial charge in [0.1, 0.15) is 0 Å². The van der Waals surface area contributed by atoms with Crippen LogP contribution < -0.4 is 14.9 Å². The second-order valence-corrected chi connectivity index (χ2v) is 6.59. The van der Waals surface area contributed by atoms with Crippen molar-refractivity contribution in [3.63, 3.8) is 0 Å². The van der Waals surface area contributed by atoms with Crippen molar-refractivity contribution in [2.45, 2.75) is 19.4 Å². The number of benzene rings is 3. The van der Waals surface area contributed by atoms with Gasteiger partial charge in [-0.15, -0.1) is 0 Å². The molecule has 0 fully saturated rings. The number of fused-ring (bicyclic) bond motifs is 1. The third-order valence-corrected chi connectivity index (χ3v) is 4.50. The molecule has 0 aromatic heterocycles. The van der Waals surface area contributed by atoms with Crippen LogP contribution in [0.25, 0.3) is 10.8 Å². The van der Waals surface area contributed by atoms with Gasteiger partial charge in [0.2, 0.25) is 5.91 Å². The molecule has 3 aromatic rings. The minimum Gasteiger partial charge on any atom is -0.493 e. The van der Waals surface area contributed by atoms with Crippen LogP contribution in [0.15, 0.2) is 65.8 Å². The largest absolute Gasteiger partial charge is 0.493 e. The maximum Gasteiger partial charge on any atom is 0.344 e. The van der Waals surface area contributed by atoms with Crippen LogP contribution >= 0.6 is 0 Å². The Bertz CT molecular complexity index is 1090. The van der Waals surface area contributed by atoms with Crippen molar-refractivity contribution in [1.82, 2.24) is 5.43 Å². The monoisotopic (exact) mass is 406 g/mol. The van der Waals surface area contributed by atoms with Gasteiger partial charge in [-0.3, -0.25) is 4.79 Å². The number of carbonyl (C=O) groups excluding carboxylic acids is 1. The third-order valence-electron chi connectivity index (χ3n) is 4.50. The molecule has 0 saturated heterocycles. The summed E-state index contributed by atoms with van der Waals surface area (Å²) in [5.41, 5.74) is 3.89. The SMILES string of the molecule is COc1cccc(/C=N\NC(=O)Cc2cccc3ccccc23)c1O[C@@H](C)C(=O)O. The van der Waals surface area contributed by atoms with Crippen molar-refractivity contribution < 1.29 is 24.2 Å². The average Bonchev–Trinajstić information content (AvgIpc) is 2.74. The quantitative estimate of drug-likeness (QED) is 0.441. The summed E-state index contributed by atoms with van der Waals surface area (Å²) in [6, 6.07) is 18.7. The standard InChI is InChI=1S/C23H22N2O5/c1-15(23(27)28)30-22-18(10-6-12-20(22)29-2)14-24-25-21(26)13-17-9-5-8-16-7-3-4-11-19(16)17/h3-12,14-15H,13H2,1-2H3,(H,25,26)(H,27,28)/b24-14-/t15-/m0/s1. The highest BCUT2D eigenvalue weighted by Gasteiger charge is 2.18. The number of nitrogens with one attached hydrogen (secondary N) is 1. The van der Waals surface area contributed by atoms with Crippen molar-refractivity contribution in [3.05, 3.63) is 71.8 Å². The maximum atomic E-state index is 12.4. The van der Waals surface area contributed by atoms with Gasteiger partial charge in [-0.25, -0.2) is 10.2 Å². The van der Waals surface area contributed by atoms with E-state index in [1.165, 1.54) is 20.2 Å². The summed E-state index contributed by atoms with van der Waals surface area (Å²) in [5.74, 6) is -0.768. The van der Waals surface area contributed by atoms with Crippen molar-refractivity contribution in [2.75, 3.05) is 7.11 Å². The molecule has 0 unspecified atom stereocenters. The molecule has 7 nitrogen and oxygen atoms in total. The van der Waals surface area contributed by atoms with E-state index in [1.54, 1.807) is 18.2 Å². The van der Waals surface area contributed by atoms with Crippen molar-refractivity contribution >= 4 is 28.9 Å². The molecule has 0 spiro atoms. The first kappa shape index (κ1) is 20.9. The predicted octanol–water partition coefficient (Wildman–Crippen LogP) is 3.39. The summed E-state index contributed by atoms with van der Waals surface area (Å²) in [6.07, 6.45) is 0.498. The zero-order valence-corrected chi connectivity index (χ0v) is 16.7. The Morgan fingerprint density at radius 1 is 1.10 bits per heavy atom. The van der Waals surface area contributed by atoms with Crippen LogP contribution in [0.1, 0.15) is 18.1 Å². The van der Waals surface area contributed by atoms with Gasteiger partial charge in [-0.2, -0.15) is 5.10 Å². The highest BCUT2D eigenvalue weighted by Crippen LogP contribution is 2.31. The Kier molecular flexibility index (Phi) is 6.64. The fourth-order valence-electron chi connectivity index (χ4n) is 2.98. The molecule has 1 atom stereocenters.